The van der Waals surface area contributed by atoms with Crippen molar-refractivity contribution in [1.29, 1.82) is 0 Å². The summed E-state index contributed by atoms with van der Waals surface area (Å²) < 4.78 is 32.3. The van der Waals surface area contributed by atoms with E-state index in [1.54, 1.807) is 0 Å². The summed E-state index contributed by atoms with van der Waals surface area (Å²) in [6.45, 7) is 8.75. The normalized spacial score (nSPS) is 13.0. The molecular weight excluding hydrogens is 328 g/mol. The smallest absolute Gasteiger partial charge is 0.251 e. The van der Waals surface area contributed by atoms with Gasteiger partial charge >= 0.3 is 0 Å². The summed E-state index contributed by atoms with van der Waals surface area (Å²) >= 11 is 0. The minimum atomic E-state index is -3.54. The maximum Gasteiger partial charge on any atom is 0.251 e. The topological polar surface area (TPSA) is 84.5 Å². The molecule has 1 aromatic rings. The highest BCUT2D eigenvalue weighted by atomic mass is 32.2. The number of sulfonamides is 1. The standard InChI is InChI=1S/C17H28N2O4S/c1-5-14(4)19-24(21,22)16-9-7-15(8-10-16)17(20)18-11-6-12-23-13(2)3/h7-10,13-14,19H,5-6,11-12H2,1-4H3,(H,18,20)/t14-/m0/s1. The second-order valence-corrected chi connectivity index (χ2v) is 7.70. The Morgan fingerprint density at radius 3 is 2.33 bits per heavy atom. The van der Waals surface area contributed by atoms with Gasteiger partial charge in [-0.1, -0.05) is 6.92 Å². The highest BCUT2D eigenvalue weighted by molar-refractivity contribution is 7.89. The molecule has 0 unspecified atom stereocenters. The second kappa shape index (κ2) is 9.76. The summed E-state index contributed by atoms with van der Waals surface area (Å²) in [5.74, 6) is -0.224. The number of ether oxygens (including phenoxy) is 1. The first-order valence-corrected chi connectivity index (χ1v) is 9.76. The van der Waals surface area contributed by atoms with Crippen molar-refractivity contribution in [2.45, 2.75) is 57.6 Å². The summed E-state index contributed by atoms with van der Waals surface area (Å²) in [4.78, 5) is 12.2. The molecule has 0 aromatic heterocycles. The lowest BCUT2D eigenvalue weighted by molar-refractivity contribution is 0.0757. The van der Waals surface area contributed by atoms with Crippen LogP contribution in [0.15, 0.2) is 29.2 Å². The van der Waals surface area contributed by atoms with Crippen molar-refractivity contribution in [3.8, 4) is 0 Å². The summed E-state index contributed by atoms with van der Waals surface area (Å²) in [6.07, 6.45) is 1.62. The van der Waals surface area contributed by atoms with E-state index in [1.165, 1.54) is 24.3 Å². The fraction of sp³-hybridized carbons (Fsp3) is 0.588. The quantitative estimate of drug-likeness (QED) is 0.630. The van der Waals surface area contributed by atoms with E-state index >= 15 is 0 Å². The molecule has 0 aliphatic rings. The summed E-state index contributed by atoms with van der Waals surface area (Å²) in [6, 6.07) is 5.80. The van der Waals surface area contributed by atoms with E-state index in [1.807, 2.05) is 27.7 Å². The third-order valence-corrected chi connectivity index (χ3v) is 5.06. The van der Waals surface area contributed by atoms with Crippen LogP contribution in [-0.4, -0.2) is 39.6 Å². The van der Waals surface area contributed by atoms with E-state index in [2.05, 4.69) is 10.0 Å². The van der Waals surface area contributed by atoms with Gasteiger partial charge in [0.1, 0.15) is 0 Å². The lowest BCUT2D eigenvalue weighted by atomic mass is 10.2. The van der Waals surface area contributed by atoms with Crippen LogP contribution in [0.1, 0.15) is 50.9 Å². The van der Waals surface area contributed by atoms with Crippen molar-refractivity contribution >= 4 is 15.9 Å². The van der Waals surface area contributed by atoms with Crippen LogP contribution in [0.25, 0.3) is 0 Å². The Hall–Kier alpha value is -1.44. The van der Waals surface area contributed by atoms with Crippen molar-refractivity contribution in [3.05, 3.63) is 29.8 Å². The number of amides is 1. The molecule has 7 heteroatoms. The first-order chi connectivity index (χ1) is 11.3. The fourth-order valence-electron chi connectivity index (χ4n) is 1.90. The Bertz CT molecular complexity index is 612. The Kier molecular flexibility index (Phi) is 8.38. The molecule has 0 bridgehead atoms. The molecular formula is C17H28N2O4S. The van der Waals surface area contributed by atoms with Gasteiger partial charge in [-0.15, -0.1) is 0 Å². The summed E-state index contributed by atoms with van der Waals surface area (Å²) in [7, 11) is -3.54. The second-order valence-electron chi connectivity index (χ2n) is 5.98. The van der Waals surface area contributed by atoms with E-state index in [0.717, 1.165) is 6.42 Å². The summed E-state index contributed by atoms with van der Waals surface area (Å²) in [5, 5.41) is 2.79. The molecule has 0 saturated carbocycles. The van der Waals surface area contributed by atoms with Crippen molar-refractivity contribution < 1.29 is 17.9 Å². The van der Waals surface area contributed by atoms with Gasteiger partial charge in [0.05, 0.1) is 11.0 Å². The van der Waals surface area contributed by atoms with Crippen LogP contribution in [0.3, 0.4) is 0 Å². The first kappa shape index (κ1) is 20.6. The molecule has 1 rings (SSSR count). The molecule has 0 aliphatic carbocycles. The van der Waals surface area contributed by atoms with Crippen molar-refractivity contribution in [3.63, 3.8) is 0 Å². The van der Waals surface area contributed by atoms with Crippen LogP contribution in [0.4, 0.5) is 0 Å². The molecule has 1 aromatic carbocycles. The number of carbonyl (C=O) groups excluding carboxylic acids is 1. The maximum atomic E-state index is 12.2. The van der Waals surface area contributed by atoms with Crippen LogP contribution >= 0.6 is 0 Å². The van der Waals surface area contributed by atoms with E-state index in [4.69, 9.17) is 4.74 Å². The molecule has 0 radical (unpaired) electrons. The van der Waals surface area contributed by atoms with Crippen molar-refractivity contribution in [2.24, 2.45) is 0 Å². The Morgan fingerprint density at radius 1 is 1.17 bits per heavy atom. The average molecular weight is 356 g/mol. The predicted molar refractivity (Wildman–Crippen MR) is 94.6 cm³/mol. The zero-order valence-electron chi connectivity index (χ0n) is 14.8. The van der Waals surface area contributed by atoms with Gasteiger partial charge < -0.3 is 10.1 Å². The number of rotatable bonds is 10. The molecule has 24 heavy (non-hydrogen) atoms. The van der Waals surface area contributed by atoms with E-state index in [-0.39, 0.29) is 22.9 Å². The van der Waals surface area contributed by atoms with Crippen molar-refractivity contribution in [2.75, 3.05) is 13.2 Å². The van der Waals surface area contributed by atoms with Crippen LogP contribution < -0.4 is 10.0 Å². The molecule has 0 fully saturated rings. The van der Waals surface area contributed by atoms with E-state index in [9.17, 15) is 13.2 Å². The molecule has 6 nitrogen and oxygen atoms in total. The number of nitrogens with one attached hydrogen (secondary N) is 2. The molecule has 0 heterocycles. The number of hydrogen-bond donors (Lipinski definition) is 2. The molecule has 1 atom stereocenters. The van der Waals surface area contributed by atoms with E-state index in [0.29, 0.717) is 25.1 Å². The highest BCUT2D eigenvalue weighted by Gasteiger charge is 2.17. The highest BCUT2D eigenvalue weighted by Crippen LogP contribution is 2.11. The van der Waals surface area contributed by atoms with Gasteiger partial charge in [-0.2, -0.15) is 0 Å². The molecule has 2 N–H and O–H groups in total. The SMILES string of the molecule is CC[C@H](C)NS(=O)(=O)c1ccc(C(=O)NCCCOC(C)C)cc1. The van der Waals surface area contributed by atoms with Crippen LogP contribution in [0, 0.1) is 0 Å². The number of carbonyl (C=O) groups is 1. The third kappa shape index (κ3) is 6.98. The number of benzene rings is 1. The van der Waals surface area contributed by atoms with Gasteiger partial charge in [-0.25, -0.2) is 13.1 Å². The van der Waals surface area contributed by atoms with Gasteiger partial charge in [0.25, 0.3) is 5.91 Å². The Labute approximate surface area is 145 Å². The molecule has 1 amide bonds. The van der Waals surface area contributed by atoms with Crippen LogP contribution in [0.2, 0.25) is 0 Å². The van der Waals surface area contributed by atoms with Gasteiger partial charge in [-0.05, 0) is 57.9 Å². The molecule has 0 saturated heterocycles. The van der Waals surface area contributed by atoms with Gasteiger partial charge in [0, 0.05) is 24.8 Å². The van der Waals surface area contributed by atoms with Crippen LogP contribution in [-0.2, 0) is 14.8 Å². The lowest BCUT2D eigenvalue weighted by Gasteiger charge is -2.12. The molecule has 0 aliphatic heterocycles. The largest absolute Gasteiger partial charge is 0.379 e. The van der Waals surface area contributed by atoms with E-state index < -0.39 is 10.0 Å². The monoisotopic (exact) mass is 356 g/mol. The maximum absolute atomic E-state index is 12.2. The van der Waals surface area contributed by atoms with Crippen LogP contribution in [0.5, 0.6) is 0 Å². The minimum absolute atomic E-state index is 0.133. The van der Waals surface area contributed by atoms with Crippen molar-refractivity contribution in [1.82, 2.24) is 10.0 Å². The number of hydrogen-bond acceptors (Lipinski definition) is 4. The molecule has 136 valence electrons. The Balaban J connectivity index is 2.56. The fourth-order valence-corrected chi connectivity index (χ4v) is 3.22. The van der Waals surface area contributed by atoms with Gasteiger partial charge in [0.2, 0.25) is 10.0 Å². The third-order valence-electron chi connectivity index (χ3n) is 3.45. The van der Waals surface area contributed by atoms with Gasteiger partial charge in [0.15, 0.2) is 0 Å². The average Bonchev–Trinajstić information content (AvgIpc) is 2.53. The first-order valence-electron chi connectivity index (χ1n) is 8.28. The minimum Gasteiger partial charge on any atom is -0.379 e. The Morgan fingerprint density at radius 2 is 1.79 bits per heavy atom. The zero-order chi connectivity index (χ0) is 18.2. The van der Waals surface area contributed by atoms with Gasteiger partial charge in [-0.3, -0.25) is 4.79 Å². The summed E-state index contributed by atoms with van der Waals surface area (Å²) in [5.41, 5.74) is 0.433. The molecule has 0 spiro atoms. The lowest BCUT2D eigenvalue weighted by Crippen LogP contribution is -2.32. The zero-order valence-corrected chi connectivity index (χ0v) is 15.7. The predicted octanol–water partition coefficient (Wildman–Crippen LogP) is 2.31.